The van der Waals surface area contributed by atoms with Crippen LogP contribution in [0.3, 0.4) is 0 Å². The smallest absolute Gasteiger partial charge is 0.264 e. The van der Waals surface area contributed by atoms with Crippen LogP contribution >= 0.6 is 22.7 Å². The van der Waals surface area contributed by atoms with E-state index in [1.165, 1.54) is 21.8 Å². The van der Waals surface area contributed by atoms with Crippen molar-refractivity contribution in [3.05, 3.63) is 68.9 Å². The third kappa shape index (κ3) is 2.95. The highest BCUT2D eigenvalue weighted by Crippen LogP contribution is 2.31. The molecule has 0 aliphatic rings. The fraction of sp³-hybridized carbons (Fsp3) is 0.200. The van der Waals surface area contributed by atoms with Crippen molar-refractivity contribution in [2.75, 3.05) is 7.05 Å². The molecule has 0 saturated heterocycles. The molecule has 0 aliphatic carbocycles. The number of amides is 1. The van der Waals surface area contributed by atoms with Gasteiger partial charge in [0.2, 0.25) is 0 Å². The molecule has 3 aromatic heterocycles. The first-order valence-electron chi connectivity index (χ1n) is 8.37. The lowest BCUT2D eigenvalue weighted by molar-refractivity contribution is 0.0791. The summed E-state index contributed by atoms with van der Waals surface area (Å²) in [6.07, 6.45) is 0. The van der Waals surface area contributed by atoms with Gasteiger partial charge >= 0.3 is 0 Å². The van der Waals surface area contributed by atoms with Gasteiger partial charge in [-0.05, 0) is 49.1 Å². The number of rotatable bonds is 4. The molecule has 4 nitrogen and oxygen atoms in total. The maximum Gasteiger partial charge on any atom is 0.264 e. The Labute approximate surface area is 160 Å². The molecule has 0 saturated carbocycles. The molecule has 0 N–H and O–H groups in total. The van der Waals surface area contributed by atoms with Gasteiger partial charge in [0, 0.05) is 17.3 Å². The molecule has 1 aromatic carbocycles. The molecule has 0 spiro atoms. The van der Waals surface area contributed by atoms with Gasteiger partial charge in [-0.15, -0.1) is 22.7 Å². The first kappa shape index (κ1) is 17.0. The van der Waals surface area contributed by atoms with Gasteiger partial charge in [0.15, 0.2) is 0 Å². The van der Waals surface area contributed by atoms with Crippen molar-refractivity contribution in [3.63, 3.8) is 0 Å². The second-order valence-electron chi connectivity index (χ2n) is 6.35. The molecule has 0 unspecified atom stereocenters. The molecular formula is C20H19N3OS2. The number of hydrogen-bond donors (Lipinski definition) is 0. The zero-order chi connectivity index (χ0) is 18.3. The van der Waals surface area contributed by atoms with Crippen LogP contribution in [0.25, 0.3) is 15.9 Å². The van der Waals surface area contributed by atoms with E-state index in [2.05, 4.69) is 23.5 Å². The summed E-state index contributed by atoms with van der Waals surface area (Å²) >= 11 is 3.20. The second-order valence-corrected chi connectivity index (χ2v) is 8.38. The number of fused-ring (bicyclic) bond motifs is 1. The summed E-state index contributed by atoms with van der Waals surface area (Å²) in [6.45, 7) is 4.71. The van der Waals surface area contributed by atoms with Gasteiger partial charge in [0.05, 0.1) is 22.8 Å². The zero-order valence-electron chi connectivity index (χ0n) is 14.9. The Kier molecular flexibility index (Phi) is 4.38. The number of para-hydroxylation sites is 1. The minimum Gasteiger partial charge on any atom is -0.336 e. The SMILES string of the molecule is Cc1ccsc1CN(C)C(=O)c1cc2c(C)nn(-c3ccccc3)c2s1. The lowest BCUT2D eigenvalue weighted by atomic mass is 10.2. The molecule has 0 bridgehead atoms. The van der Waals surface area contributed by atoms with Gasteiger partial charge in [-0.3, -0.25) is 4.79 Å². The molecule has 0 atom stereocenters. The molecule has 1 amide bonds. The molecule has 6 heteroatoms. The summed E-state index contributed by atoms with van der Waals surface area (Å²) in [7, 11) is 1.86. The Morgan fingerprint density at radius 2 is 1.96 bits per heavy atom. The van der Waals surface area contributed by atoms with Crippen LogP contribution in [0.15, 0.2) is 47.8 Å². The third-order valence-corrected chi connectivity index (χ3v) is 6.56. The Morgan fingerprint density at radius 1 is 1.19 bits per heavy atom. The van der Waals surface area contributed by atoms with Crippen molar-refractivity contribution in [3.8, 4) is 5.69 Å². The Hall–Kier alpha value is -2.44. The zero-order valence-corrected chi connectivity index (χ0v) is 16.5. The minimum absolute atomic E-state index is 0.0537. The van der Waals surface area contributed by atoms with E-state index in [4.69, 9.17) is 0 Å². The van der Waals surface area contributed by atoms with Gasteiger partial charge < -0.3 is 4.90 Å². The Balaban J connectivity index is 1.67. The third-order valence-electron chi connectivity index (χ3n) is 4.45. The van der Waals surface area contributed by atoms with E-state index in [9.17, 15) is 4.79 Å². The largest absolute Gasteiger partial charge is 0.336 e. The molecule has 4 rings (SSSR count). The highest BCUT2D eigenvalue weighted by molar-refractivity contribution is 7.20. The van der Waals surface area contributed by atoms with E-state index in [0.29, 0.717) is 6.54 Å². The van der Waals surface area contributed by atoms with Crippen LogP contribution in [0.4, 0.5) is 0 Å². The van der Waals surface area contributed by atoms with Gasteiger partial charge in [-0.1, -0.05) is 18.2 Å². The average Bonchev–Trinajstić information content (AvgIpc) is 3.33. The van der Waals surface area contributed by atoms with Gasteiger partial charge in [-0.25, -0.2) is 4.68 Å². The van der Waals surface area contributed by atoms with Gasteiger partial charge in [-0.2, -0.15) is 5.10 Å². The molecule has 0 radical (unpaired) electrons. The predicted octanol–water partition coefficient (Wildman–Crippen LogP) is 5.04. The predicted molar refractivity (Wildman–Crippen MR) is 109 cm³/mol. The summed E-state index contributed by atoms with van der Waals surface area (Å²) in [4.78, 5) is 17.7. The van der Waals surface area contributed by atoms with E-state index < -0.39 is 0 Å². The molecule has 3 heterocycles. The van der Waals surface area contributed by atoms with E-state index in [1.54, 1.807) is 16.2 Å². The topological polar surface area (TPSA) is 38.1 Å². The van der Waals surface area contributed by atoms with Crippen LogP contribution in [0.2, 0.25) is 0 Å². The molecule has 4 aromatic rings. The molecule has 0 fully saturated rings. The van der Waals surface area contributed by atoms with Crippen molar-refractivity contribution < 1.29 is 4.79 Å². The summed E-state index contributed by atoms with van der Waals surface area (Å²) in [5.74, 6) is 0.0537. The first-order valence-corrected chi connectivity index (χ1v) is 10.1. The number of nitrogens with zero attached hydrogens (tertiary/aromatic N) is 3. The monoisotopic (exact) mass is 381 g/mol. The van der Waals surface area contributed by atoms with E-state index in [1.807, 2.05) is 55.1 Å². The van der Waals surface area contributed by atoms with Crippen molar-refractivity contribution in [2.24, 2.45) is 0 Å². The van der Waals surface area contributed by atoms with Gasteiger partial charge in [0.25, 0.3) is 5.91 Å². The summed E-state index contributed by atoms with van der Waals surface area (Å²) in [5, 5.41) is 7.76. The average molecular weight is 382 g/mol. The van der Waals surface area contributed by atoms with Crippen LogP contribution in [0.5, 0.6) is 0 Å². The van der Waals surface area contributed by atoms with Crippen LogP contribution in [-0.2, 0) is 6.54 Å². The minimum atomic E-state index is 0.0537. The van der Waals surface area contributed by atoms with Crippen molar-refractivity contribution in [2.45, 2.75) is 20.4 Å². The first-order chi connectivity index (χ1) is 12.5. The summed E-state index contributed by atoms with van der Waals surface area (Å²) in [6, 6.07) is 14.1. The molecule has 132 valence electrons. The van der Waals surface area contributed by atoms with Crippen molar-refractivity contribution >= 4 is 38.8 Å². The highest BCUT2D eigenvalue weighted by Gasteiger charge is 2.20. The Bertz CT molecular complexity index is 1080. The number of thiophene rings is 2. The number of benzene rings is 1. The highest BCUT2D eigenvalue weighted by atomic mass is 32.1. The quantitative estimate of drug-likeness (QED) is 0.497. The van der Waals surface area contributed by atoms with E-state index in [0.717, 1.165) is 26.5 Å². The lowest BCUT2D eigenvalue weighted by Crippen LogP contribution is -2.25. The summed E-state index contributed by atoms with van der Waals surface area (Å²) < 4.78 is 1.93. The van der Waals surface area contributed by atoms with E-state index >= 15 is 0 Å². The van der Waals surface area contributed by atoms with Crippen LogP contribution < -0.4 is 0 Å². The van der Waals surface area contributed by atoms with Crippen molar-refractivity contribution in [1.29, 1.82) is 0 Å². The number of carbonyl (C=O) groups excluding carboxylic acids is 1. The lowest BCUT2D eigenvalue weighted by Gasteiger charge is -2.15. The number of aromatic nitrogens is 2. The molecular weight excluding hydrogens is 362 g/mol. The second kappa shape index (κ2) is 6.70. The fourth-order valence-corrected chi connectivity index (χ4v) is 5.07. The van der Waals surface area contributed by atoms with Gasteiger partial charge in [0.1, 0.15) is 4.83 Å². The van der Waals surface area contributed by atoms with Crippen LogP contribution in [0.1, 0.15) is 25.8 Å². The standard InChI is InChI=1S/C20H19N3OS2/c1-13-9-10-25-18(13)12-22(3)19(24)17-11-16-14(2)21-23(20(16)26-17)15-7-5-4-6-8-15/h4-11H,12H2,1-3H3. The molecule has 0 aliphatic heterocycles. The van der Waals surface area contributed by atoms with Crippen LogP contribution in [-0.4, -0.2) is 27.6 Å². The normalized spacial score (nSPS) is 11.2. The fourth-order valence-electron chi connectivity index (χ4n) is 2.94. The number of carbonyl (C=O) groups is 1. The number of aryl methyl sites for hydroxylation is 2. The van der Waals surface area contributed by atoms with Crippen molar-refractivity contribution in [1.82, 2.24) is 14.7 Å². The maximum absolute atomic E-state index is 12.9. The van der Waals surface area contributed by atoms with Crippen LogP contribution in [0, 0.1) is 13.8 Å². The van der Waals surface area contributed by atoms with E-state index in [-0.39, 0.29) is 5.91 Å². The molecule has 26 heavy (non-hydrogen) atoms. The number of hydrogen-bond acceptors (Lipinski definition) is 4. The Morgan fingerprint density at radius 3 is 2.65 bits per heavy atom. The maximum atomic E-state index is 12.9. The summed E-state index contributed by atoms with van der Waals surface area (Å²) in [5.41, 5.74) is 3.19.